The number of fused-ring (bicyclic) bond motifs is 1. The fraction of sp³-hybridized carbons (Fsp3) is 0.111. The maximum Gasteiger partial charge on any atom is 0.331 e. The number of benzene rings is 4. The Bertz CT molecular complexity index is 1260. The van der Waals surface area contributed by atoms with Crippen molar-refractivity contribution < 1.29 is 9.63 Å². The van der Waals surface area contributed by atoms with Gasteiger partial charge in [0.2, 0.25) is 0 Å². The van der Waals surface area contributed by atoms with Gasteiger partial charge in [-0.05, 0) is 60.7 Å². The Morgan fingerprint density at radius 3 is 2.26 bits per heavy atom. The summed E-state index contributed by atoms with van der Waals surface area (Å²) < 4.78 is 0. The second kappa shape index (κ2) is 8.84. The van der Waals surface area contributed by atoms with E-state index in [0.717, 1.165) is 28.2 Å². The summed E-state index contributed by atoms with van der Waals surface area (Å²) in [5, 5.41) is 6.30. The molecule has 0 aliphatic heterocycles. The number of hydrogen-bond donors (Lipinski definition) is 0. The quantitative estimate of drug-likeness (QED) is 0.205. The van der Waals surface area contributed by atoms with Crippen LogP contribution >= 0.6 is 0 Å². The van der Waals surface area contributed by atoms with E-state index < -0.39 is 5.97 Å². The van der Waals surface area contributed by atoms with Crippen LogP contribution in [-0.2, 0) is 9.63 Å². The van der Waals surface area contributed by atoms with Crippen LogP contribution in [0.5, 0.6) is 0 Å². The van der Waals surface area contributed by atoms with E-state index in [4.69, 9.17) is 4.84 Å². The average Bonchev–Trinajstić information content (AvgIpc) is 2.79. The summed E-state index contributed by atoms with van der Waals surface area (Å²) in [5.74, 6) is -0.432. The van der Waals surface area contributed by atoms with Gasteiger partial charge in [-0.2, -0.15) is 0 Å². The third-order valence-corrected chi connectivity index (χ3v) is 5.19. The highest BCUT2D eigenvalue weighted by molar-refractivity contribution is 6.01. The van der Waals surface area contributed by atoms with E-state index in [1.54, 1.807) is 0 Å². The van der Waals surface area contributed by atoms with E-state index in [2.05, 4.69) is 83.7 Å². The average molecular weight is 409 g/mol. The van der Waals surface area contributed by atoms with Gasteiger partial charge in [-0.1, -0.05) is 65.8 Å². The van der Waals surface area contributed by atoms with Gasteiger partial charge in [-0.3, -0.25) is 0 Å². The zero-order chi connectivity index (χ0) is 21.8. The maximum atomic E-state index is 11.1. The van der Waals surface area contributed by atoms with Crippen LogP contribution in [0.4, 0.5) is 17.1 Å². The number of aryl methyl sites for hydroxylation is 1. The molecular weight excluding hydrogens is 384 g/mol. The fourth-order valence-electron chi connectivity index (χ4n) is 3.71. The molecule has 31 heavy (non-hydrogen) atoms. The van der Waals surface area contributed by atoms with E-state index in [1.165, 1.54) is 17.7 Å². The van der Waals surface area contributed by atoms with Gasteiger partial charge < -0.3 is 9.74 Å². The smallest absolute Gasteiger partial charge is 0.318 e. The van der Waals surface area contributed by atoms with Gasteiger partial charge in [0.25, 0.3) is 0 Å². The number of carbonyl (C=O) groups is 1. The van der Waals surface area contributed by atoms with Crippen LogP contribution in [0.1, 0.15) is 25.0 Å². The van der Waals surface area contributed by atoms with Crippen LogP contribution in [0.2, 0.25) is 0 Å². The Kier molecular flexibility index (Phi) is 5.80. The molecule has 0 unspecified atom stereocenters. The number of anilines is 3. The molecule has 0 radical (unpaired) electrons. The summed E-state index contributed by atoms with van der Waals surface area (Å²) >= 11 is 0. The normalized spacial score (nSPS) is 11.4. The summed E-state index contributed by atoms with van der Waals surface area (Å²) in [5.41, 5.74) is 5.93. The lowest BCUT2D eigenvalue weighted by Crippen LogP contribution is -2.12. The highest BCUT2D eigenvalue weighted by Gasteiger charge is 2.17. The molecular formula is C27H24N2O2. The summed E-state index contributed by atoms with van der Waals surface area (Å²) in [6, 6.07) is 31.3. The fourth-order valence-corrected chi connectivity index (χ4v) is 3.71. The minimum absolute atomic E-state index is 0.432. The summed E-state index contributed by atoms with van der Waals surface area (Å²) in [6.45, 7) is 5.25. The van der Waals surface area contributed by atoms with Crippen molar-refractivity contribution in [1.29, 1.82) is 0 Å². The van der Waals surface area contributed by atoms with E-state index in [0.29, 0.717) is 5.71 Å². The lowest BCUT2D eigenvalue weighted by atomic mass is 10.0. The van der Waals surface area contributed by atoms with Gasteiger partial charge >= 0.3 is 5.97 Å². The summed E-state index contributed by atoms with van der Waals surface area (Å²) in [7, 11) is 0. The molecule has 154 valence electrons. The molecule has 0 saturated heterocycles. The molecule has 0 aliphatic rings. The zero-order valence-corrected chi connectivity index (χ0v) is 17.9. The topological polar surface area (TPSA) is 41.9 Å². The molecule has 4 aromatic rings. The van der Waals surface area contributed by atoms with Crippen molar-refractivity contribution in [3.63, 3.8) is 0 Å². The molecule has 4 nitrogen and oxygen atoms in total. The molecule has 0 aromatic heterocycles. The van der Waals surface area contributed by atoms with E-state index in [9.17, 15) is 4.79 Å². The standard InChI is InChI=1S/C27H24N2O2/c1-19-18-23(20(2)28-31-21(3)30)16-17-26(19)29(24-12-5-4-6-13-24)27-15-9-11-22-10-7-8-14-25(22)27/h4-18H,1-3H3/b28-20-. The largest absolute Gasteiger partial charge is 0.331 e. The Labute approximate surface area is 182 Å². The molecule has 0 amide bonds. The van der Waals surface area contributed by atoms with Crippen molar-refractivity contribution in [3.05, 3.63) is 102 Å². The van der Waals surface area contributed by atoms with Gasteiger partial charge in [-0.25, -0.2) is 4.79 Å². The number of rotatable bonds is 5. The van der Waals surface area contributed by atoms with Crippen molar-refractivity contribution in [2.24, 2.45) is 5.16 Å². The molecule has 4 aromatic carbocycles. The Morgan fingerprint density at radius 2 is 1.52 bits per heavy atom. The molecule has 0 N–H and O–H groups in total. The SMILES string of the molecule is CC(=O)O/N=C(/C)c1ccc(N(c2ccccc2)c2cccc3ccccc23)c(C)c1. The summed E-state index contributed by atoms with van der Waals surface area (Å²) in [6.07, 6.45) is 0. The van der Waals surface area contributed by atoms with Gasteiger partial charge in [0.15, 0.2) is 0 Å². The molecule has 4 heteroatoms. The molecule has 4 rings (SSSR count). The molecule has 0 aliphatic carbocycles. The maximum absolute atomic E-state index is 11.1. The van der Waals surface area contributed by atoms with Gasteiger partial charge in [0.05, 0.1) is 11.4 Å². The van der Waals surface area contributed by atoms with E-state index in [-0.39, 0.29) is 0 Å². The lowest BCUT2D eigenvalue weighted by molar-refractivity contribution is -0.140. The number of oxime groups is 1. The van der Waals surface area contributed by atoms with Crippen molar-refractivity contribution in [3.8, 4) is 0 Å². The number of carbonyl (C=O) groups excluding carboxylic acids is 1. The van der Waals surface area contributed by atoms with Crippen LogP contribution in [0, 0.1) is 6.92 Å². The van der Waals surface area contributed by atoms with E-state index in [1.807, 2.05) is 31.2 Å². The Morgan fingerprint density at radius 1 is 0.806 bits per heavy atom. The first-order valence-corrected chi connectivity index (χ1v) is 10.2. The minimum atomic E-state index is -0.432. The number of hydrogen-bond acceptors (Lipinski definition) is 4. The highest BCUT2D eigenvalue weighted by atomic mass is 16.7. The minimum Gasteiger partial charge on any atom is -0.318 e. The van der Waals surface area contributed by atoms with Crippen LogP contribution in [0.15, 0.2) is 96.2 Å². The third kappa shape index (κ3) is 4.33. The van der Waals surface area contributed by atoms with Crippen LogP contribution in [0.3, 0.4) is 0 Å². The lowest BCUT2D eigenvalue weighted by Gasteiger charge is -2.28. The molecule has 0 bridgehead atoms. The van der Waals surface area contributed by atoms with E-state index >= 15 is 0 Å². The Balaban J connectivity index is 1.86. The molecule has 0 heterocycles. The van der Waals surface area contributed by atoms with Gasteiger partial charge in [0, 0.05) is 23.7 Å². The second-order valence-electron chi connectivity index (χ2n) is 7.43. The summed E-state index contributed by atoms with van der Waals surface area (Å²) in [4.78, 5) is 18.2. The first kappa shape index (κ1) is 20.4. The predicted octanol–water partition coefficient (Wildman–Crippen LogP) is 6.91. The molecule has 0 spiro atoms. The van der Waals surface area contributed by atoms with Gasteiger partial charge in [-0.15, -0.1) is 0 Å². The number of para-hydroxylation sites is 1. The zero-order valence-electron chi connectivity index (χ0n) is 17.9. The van der Waals surface area contributed by atoms with Crippen LogP contribution < -0.4 is 4.90 Å². The van der Waals surface area contributed by atoms with Crippen molar-refractivity contribution in [2.75, 3.05) is 4.90 Å². The predicted molar refractivity (Wildman–Crippen MR) is 127 cm³/mol. The Hall–Kier alpha value is -3.92. The van der Waals surface area contributed by atoms with Crippen LogP contribution in [0.25, 0.3) is 10.8 Å². The van der Waals surface area contributed by atoms with Crippen LogP contribution in [-0.4, -0.2) is 11.7 Å². The van der Waals surface area contributed by atoms with Crippen molar-refractivity contribution in [2.45, 2.75) is 20.8 Å². The molecule has 0 atom stereocenters. The first-order valence-electron chi connectivity index (χ1n) is 10.2. The highest BCUT2D eigenvalue weighted by Crippen LogP contribution is 2.40. The second-order valence-corrected chi connectivity index (χ2v) is 7.43. The van der Waals surface area contributed by atoms with Gasteiger partial charge in [0.1, 0.15) is 0 Å². The van der Waals surface area contributed by atoms with Crippen molar-refractivity contribution >= 4 is 39.5 Å². The third-order valence-electron chi connectivity index (χ3n) is 5.19. The van der Waals surface area contributed by atoms with Crippen molar-refractivity contribution in [1.82, 2.24) is 0 Å². The molecule has 0 saturated carbocycles. The molecule has 0 fully saturated rings. The monoisotopic (exact) mass is 408 g/mol. The first-order chi connectivity index (χ1) is 15.0. The number of nitrogens with zero attached hydrogens (tertiary/aromatic N) is 2.